The van der Waals surface area contributed by atoms with Crippen LogP contribution in [0.4, 0.5) is 0 Å². The molecular formula is C14H22O2S. The summed E-state index contributed by atoms with van der Waals surface area (Å²) in [6, 6.07) is 0. The van der Waals surface area contributed by atoms with Crippen LogP contribution in [0.5, 0.6) is 0 Å². The van der Waals surface area contributed by atoms with Gasteiger partial charge in [-0.15, -0.1) is 0 Å². The minimum Gasteiger partial charge on any atom is -0.462 e. The zero-order valence-electron chi connectivity index (χ0n) is 10.5. The second-order valence-electron chi connectivity index (χ2n) is 4.09. The van der Waals surface area contributed by atoms with E-state index in [1.165, 1.54) is 19.3 Å². The Balaban J connectivity index is 2.10. The van der Waals surface area contributed by atoms with E-state index in [9.17, 15) is 4.79 Å². The Kier molecular flexibility index (Phi) is 6.78. The monoisotopic (exact) mass is 254 g/mol. The van der Waals surface area contributed by atoms with Crippen molar-refractivity contribution in [2.45, 2.75) is 39.0 Å². The van der Waals surface area contributed by atoms with Crippen molar-refractivity contribution in [1.29, 1.82) is 0 Å². The Bertz CT molecular complexity index is 306. The molecule has 0 aromatic heterocycles. The van der Waals surface area contributed by atoms with Crippen molar-refractivity contribution < 1.29 is 9.53 Å². The van der Waals surface area contributed by atoms with Crippen molar-refractivity contribution in [2.24, 2.45) is 0 Å². The number of hydrogen-bond acceptors (Lipinski definition) is 2. The number of carbonyl (C=O) groups is 1. The molecule has 0 saturated heterocycles. The molecule has 0 radical (unpaired) electrons. The molecule has 0 saturated carbocycles. The van der Waals surface area contributed by atoms with Gasteiger partial charge in [0.15, 0.2) is 0 Å². The molecule has 0 aromatic rings. The van der Waals surface area contributed by atoms with Gasteiger partial charge < -0.3 is 4.74 Å². The van der Waals surface area contributed by atoms with Crippen LogP contribution in [-0.2, 0) is 9.53 Å². The van der Waals surface area contributed by atoms with Crippen LogP contribution in [0.25, 0.3) is 0 Å². The van der Waals surface area contributed by atoms with Gasteiger partial charge in [-0.2, -0.15) is 10.9 Å². The fourth-order valence-electron chi connectivity index (χ4n) is 1.57. The number of allylic oxidation sites excluding steroid dienone is 2. The highest BCUT2D eigenvalue weighted by Gasteiger charge is 2.13. The van der Waals surface area contributed by atoms with E-state index in [0.717, 1.165) is 12.8 Å². The van der Waals surface area contributed by atoms with Gasteiger partial charge in [0.05, 0.1) is 11.5 Å². The largest absolute Gasteiger partial charge is 0.462 e. The van der Waals surface area contributed by atoms with Crippen LogP contribution >= 0.6 is 10.9 Å². The van der Waals surface area contributed by atoms with Crippen molar-refractivity contribution in [2.75, 3.05) is 6.61 Å². The maximum atomic E-state index is 11.6. The van der Waals surface area contributed by atoms with Gasteiger partial charge in [-0.1, -0.05) is 51.3 Å². The molecular weight excluding hydrogens is 232 g/mol. The quantitative estimate of drug-likeness (QED) is 0.306. The van der Waals surface area contributed by atoms with E-state index in [1.807, 2.05) is 23.0 Å². The molecule has 0 unspecified atom stereocenters. The predicted molar refractivity (Wildman–Crippen MR) is 76.1 cm³/mol. The van der Waals surface area contributed by atoms with Crippen molar-refractivity contribution in [3.8, 4) is 0 Å². The number of carbonyl (C=O) groups excluding carboxylic acids is 1. The Morgan fingerprint density at radius 3 is 2.47 bits per heavy atom. The molecule has 1 aliphatic rings. The predicted octanol–water partition coefficient (Wildman–Crippen LogP) is 4.06. The van der Waals surface area contributed by atoms with E-state index in [1.54, 1.807) is 0 Å². The van der Waals surface area contributed by atoms with Gasteiger partial charge in [0.2, 0.25) is 0 Å². The minimum atomic E-state index is -0.606. The lowest BCUT2D eigenvalue weighted by Crippen LogP contribution is -2.07. The van der Waals surface area contributed by atoms with Crippen molar-refractivity contribution >= 4 is 16.9 Å². The fourth-order valence-corrected chi connectivity index (χ4v) is 2.88. The van der Waals surface area contributed by atoms with Crippen LogP contribution in [0.2, 0.25) is 0 Å². The van der Waals surface area contributed by atoms with E-state index < -0.39 is 10.9 Å². The van der Waals surface area contributed by atoms with Gasteiger partial charge in [0.25, 0.3) is 0 Å². The van der Waals surface area contributed by atoms with Crippen molar-refractivity contribution in [3.63, 3.8) is 0 Å². The van der Waals surface area contributed by atoms with Crippen LogP contribution in [0.1, 0.15) is 39.0 Å². The van der Waals surface area contributed by atoms with E-state index in [0.29, 0.717) is 11.5 Å². The number of esters is 1. The standard InChI is InChI=1S/C14H22O2S/c1-3-4-5-6-7-10-16-14(15)13(2)17-11-8-9-12-17/h8-9,11-12,17H,2-7,10H2,1H3. The van der Waals surface area contributed by atoms with Crippen LogP contribution in [-0.4, -0.2) is 12.6 Å². The molecule has 17 heavy (non-hydrogen) atoms. The Morgan fingerprint density at radius 1 is 1.18 bits per heavy atom. The number of rotatable bonds is 8. The average Bonchev–Trinajstić information content (AvgIpc) is 2.86. The first kappa shape index (κ1) is 14.1. The molecule has 0 fully saturated rings. The molecule has 2 nitrogen and oxygen atoms in total. The zero-order valence-corrected chi connectivity index (χ0v) is 11.4. The first-order chi connectivity index (χ1) is 8.25. The third kappa shape index (κ3) is 5.26. The first-order valence-electron chi connectivity index (χ1n) is 6.25. The lowest BCUT2D eigenvalue weighted by molar-refractivity contribution is -0.138. The van der Waals surface area contributed by atoms with Crippen LogP contribution in [0.15, 0.2) is 34.5 Å². The summed E-state index contributed by atoms with van der Waals surface area (Å²) in [5.74, 6) is -0.234. The molecule has 0 aromatic carbocycles. The van der Waals surface area contributed by atoms with Gasteiger partial charge in [-0.05, 0) is 17.2 Å². The van der Waals surface area contributed by atoms with Gasteiger partial charge in [0, 0.05) is 0 Å². The number of hydrogen-bond donors (Lipinski definition) is 1. The molecule has 0 spiro atoms. The van der Waals surface area contributed by atoms with Gasteiger partial charge in [0.1, 0.15) is 0 Å². The van der Waals surface area contributed by atoms with Crippen molar-refractivity contribution in [1.82, 2.24) is 0 Å². The highest BCUT2D eigenvalue weighted by molar-refractivity contribution is 8.26. The topological polar surface area (TPSA) is 26.3 Å². The summed E-state index contributed by atoms with van der Waals surface area (Å²) in [5.41, 5.74) is 0. The van der Waals surface area contributed by atoms with E-state index in [2.05, 4.69) is 13.5 Å². The molecule has 0 amide bonds. The molecule has 0 N–H and O–H groups in total. The Labute approximate surface area is 107 Å². The molecule has 0 aliphatic carbocycles. The number of ether oxygens (including phenoxy) is 1. The third-order valence-corrected chi connectivity index (χ3v) is 4.43. The van der Waals surface area contributed by atoms with Gasteiger partial charge in [-0.3, -0.25) is 0 Å². The first-order valence-corrected chi connectivity index (χ1v) is 7.73. The molecule has 1 heterocycles. The van der Waals surface area contributed by atoms with E-state index >= 15 is 0 Å². The molecule has 1 aliphatic heterocycles. The highest BCUT2D eigenvalue weighted by Crippen LogP contribution is 2.40. The Morgan fingerprint density at radius 2 is 1.82 bits per heavy atom. The van der Waals surface area contributed by atoms with Gasteiger partial charge >= 0.3 is 5.97 Å². The second-order valence-corrected chi connectivity index (χ2v) is 6.04. The summed E-state index contributed by atoms with van der Waals surface area (Å²) >= 11 is 0. The zero-order chi connectivity index (χ0) is 12.5. The number of thiol groups is 1. The third-order valence-electron chi connectivity index (χ3n) is 2.63. The summed E-state index contributed by atoms with van der Waals surface area (Å²) < 4.78 is 5.21. The lowest BCUT2D eigenvalue weighted by Gasteiger charge is -2.12. The van der Waals surface area contributed by atoms with Crippen molar-refractivity contribution in [3.05, 3.63) is 34.5 Å². The van der Waals surface area contributed by atoms with Crippen LogP contribution in [0, 0.1) is 0 Å². The second kappa shape index (κ2) is 8.18. The smallest absolute Gasteiger partial charge is 0.342 e. The maximum absolute atomic E-state index is 11.6. The SMILES string of the molecule is C=C(C(=O)OCCCCCCC)[SH]1C=CC=C1. The summed E-state index contributed by atoms with van der Waals surface area (Å²) in [6.45, 7) is 6.53. The molecule has 0 bridgehead atoms. The van der Waals surface area contributed by atoms with Crippen LogP contribution in [0.3, 0.4) is 0 Å². The van der Waals surface area contributed by atoms with E-state index in [-0.39, 0.29) is 5.97 Å². The summed E-state index contributed by atoms with van der Waals surface area (Å²) in [4.78, 5) is 12.2. The molecule has 96 valence electrons. The summed E-state index contributed by atoms with van der Waals surface area (Å²) in [5, 5.41) is 4.03. The molecule has 0 atom stereocenters. The fraction of sp³-hybridized carbons (Fsp3) is 0.500. The normalized spacial score (nSPS) is 15.2. The van der Waals surface area contributed by atoms with Crippen LogP contribution < -0.4 is 0 Å². The number of unbranched alkanes of at least 4 members (excludes halogenated alkanes) is 4. The molecule has 3 heteroatoms. The summed E-state index contributed by atoms with van der Waals surface area (Å²) in [6.07, 6.45) is 9.74. The lowest BCUT2D eigenvalue weighted by atomic mass is 10.2. The van der Waals surface area contributed by atoms with Gasteiger partial charge in [-0.25, -0.2) is 4.79 Å². The summed E-state index contributed by atoms with van der Waals surface area (Å²) in [7, 11) is -0.606. The average molecular weight is 254 g/mol. The Hall–Kier alpha value is -0.960. The minimum absolute atomic E-state index is 0.234. The molecule has 1 rings (SSSR count). The maximum Gasteiger partial charge on any atom is 0.342 e. The highest BCUT2D eigenvalue weighted by atomic mass is 32.2. The van der Waals surface area contributed by atoms with E-state index in [4.69, 9.17) is 4.74 Å².